The number of rotatable bonds is 8. The lowest BCUT2D eigenvalue weighted by atomic mass is 10.2. The summed E-state index contributed by atoms with van der Waals surface area (Å²) >= 11 is 0. The highest BCUT2D eigenvalue weighted by Gasteiger charge is 2.05. The summed E-state index contributed by atoms with van der Waals surface area (Å²) in [6.45, 7) is 2.90. The van der Waals surface area contributed by atoms with Gasteiger partial charge in [-0.05, 0) is 42.8 Å². The number of methoxy groups -OCH3 is 1. The van der Waals surface area contributed by atoms with Crippen LogP contribution in [-0.4, -0.2) is 41.7 Å². The van der Waals surface area contributed by atoms with Crippen molar-refractivity contribution in [1.82, 2.24) is 15.2 Å². The molecule has 0 unspecified atom stereocenters. The summed E-state index contributed by atoms with van der Waals surface area (Å²) < 4.78 is 16.8. The summed E-state index contributed by atoms with van der Waals surface area (Å²) in [5.41, 5.74) is 2.06. The molecule has 0 fully saturated rings. The molecule has 1 aromatic heterocycles. The monoisotopic (exact) mass is 352 g/mol. The second kappa shape index (κ2) is 8.66. The summed E-state index contributed by atoms with van der Waals surface area (Å²) in [6, 6.07) is 13.5. The molecule has 3 aromatic rings. The zero-order valence-electron chi connectivity index (χ0n) is 14.7. The maximum atomic E-state index is 5.76. The van der Waals surface area contributed by atoms with E-state index in [9.17, 15) is 0 Å². The first-order valence-electron chi connectivity index (χ1n) is 8.14. The highest BCUT2D eigenvalue weighted by atomic mass is 16.5. The third-order valence-electron chi connectivity index (χ3n) is 3.56. The number of aliphatic imine (C=N–C) groups is 1. The van der Waals surface area contributed by atoms with Crippen LogP contribution in [-0.2, 0) is 0 Å². The molecule has 0 atom stereocenters. The van der Waals surface area contributed by atoms with Gasteiger partial charge in [-0.1, -0.05) is 17.7 Å². The average molecular weight is 352 g/mol. The van der Waals surface area contributed by atoms with Crippen molar-refractivity contribution in [2.45, 2.75) is 6.92 Å². The van der Waals surface area contributed by atoms with E-state index >= 15 is 0 Å². The Bertz CT molecular complexity index is 846. The molecule has 0 amide bonds. The van der Waals surface area contributed by atoms with Crippen LogP contribution in [0.2, 0.25) is 0 Å². The minimum atomic E-state index is 0.412. The van der Waals surface area contributed by atoms with E-state index < -0.39 is 0 Å². The van der Waals surface area contributed by atoms with Gasteiger partial charge in [0.05, 0.1) is 7.11 Å². The number of H-pyrrole nitrogens is 1. The maximum absolute atomic E-state index is 5.76. The second-order valence-corrected chi connectivity index (χ2v) is 5.49. The van der Waals surface area contributed by atoms with Crippen molar-refractivity contribution in [3.05, 3.63) is 59.9 Å². The summed E-state index contributed by atoms with van der Waals surface area (Å²) in [5, 5.41) is 6.41. The van der Waals surface area contributed by atoms with Gasteiger partial charge in [-0.3, -0.25) is 0 Å². The predicted molar refractivity (Wildman–Crippen MR) is 98.8 cm³/mol. The van der Waals surface area contributed by atoms with Gasteiger partial charge < -0.3 is 14.2 Å². The molecule has 0 spiro atoms. The number of benzene rings is 2. The minimum Gasteiger partial charge on any atom is -0.493 e. The molecule has 0 saturated heterocycles. The predicted octanol–water partition coefficient (Wildman–Crippen LogP) is 3.33. The lowest BCUT2D eigenvalue weighted by molar-refractivity contribution is 0.211. The summed E-state index contributed by atoms with van der Waals surface area (Å²) in [6.07, 6.45) is 3.08. The van der Waals surface area contributed by atoms with Gasteiger partial charge in [-0.25, -0.2) is 10.1 Å². The lowest BCUT2D eigenvalue weighted by Gasteiger charge is -2.12. The molecule has 26 heavy (non-hydrogen) atoms. The Morgan fingerprint density at radius 2 is 1.85 bits per heavy atom. The average Bonchev–Trinajstić information content (AvgIpc) is 3.19. The third kappa shape index (κ3) is 4.83. The zero-order valence-corrected chi connectivity index (χ0v) is 14.7. The van der Waals surface area contributed by atoms with Crippen molar-refractivity contribution in [2.24, 2.45) is 4.99 Å². The zero-order chi connectivity index (χ0) is 18.2. The van der Waals surface area contributed by atoms with Crippen molar-refractivity contribution in [1.29, 1.82) is 0 Å². The minimum absolute atomic E-state index is 0.412. The van der Waals surface area contributed by atoms with Gasteiger partial charge in [0, 0.05) is 6.21 Å². The van der Waals surface area contributed by atoms with Gasteiger partial charge >= 0.3 is 0 Å². The molecule has 2 aromatic carbocycles. The number of nitrogens with zero attached hydrogens (tertiary/aromatic N) is 3. The van der Waals surface area contributed by atoms with Crippen LogP contribution >= 0.6 is 0 Å². The van der Waals surface area contributed by atoms with E-state index in [2.05, 4.69) is 20.2 Å². The van der Waals surface area contributed by atoms with Crippen LogP contribution in [0.25, 0.3) is 0 Å². The SMILES string of the molecule is COc1cc(C=Nc2ncn[nH]2)ccc1OCCOc1ccc(C)cc1. The molecule has 0 radical (unpaired) electrons. The van der Waals surface area contributed by atoms with Gasteiger partial charge in [-0.15, -0.1) is 0 Å². The van der Waals surface area contributed by atoms with E-state index in [1.807, 2.05) is 49.4 Å². The quantitative estimate of drug-likeness (QED) is 0.497. The normalized spacial score (nSPS) is 10.8. The molecular formula is C19H20N4O3. The van der Waals surface area contributed by atoms with Crippen molar-refractivity contribution in [2.75, 3.05) is 20.3 Å². The molecule has 0 aliphatic rings. The third-order valence-corrected chi connectivity index (χ3v) is 3.56. The van der Waals surface area contributed by atoms with Crippen LogP contribution in [0.5, 0.6) is 17.2 Å². The smallest absolute Gasteiger partial charge is 0.245 e. The first kappa shape index (κ1) is 17.5. The molecule has 7 nitrogen and oxygen atoms in total. The maximum Gasteiger partial charge on any atom is 0.245 e. The largest absolute Gasteiger partial charge is 0.493 e. The van der Waals surface area contributed by atoms with E-state index in [-0.39, 0.29) is 0 Å². The van der Waals surface area contributed by atoms with Crippen molar-refractivity contribution in [3.63, 3.8) is 0 Å². The Kier molecular flexibility index (Phi) is 5.82. The fourth-order valence-electron chi connectivity index (χ4n) is 2.23. The van der Waals surface area contributed by atoms with Crippen LogP contribution in [0.4, 0.5) is 5.95 Å². The van der Waals surface area contributed by atoms with Crippen LogP contribution in [0.15, 0.2) is 53.8 Å². The van der Waals surface area contributed by atoms with Crippen LogP contribution in [0, 0.1) is 6.92 Å². The Hall–Kier alpha value is -3.35. The number of aryl methyl sites for hydroxylation is 1. The van der Waals surface area contributed by atoms with Gasteiger partial charge in [0.1, 0.15) is 25.3 Å². The number of ether oxygens (including phenoxy) is 3. The molecule has 1 N–H and O–H groups in total. The highest BCUT2D eigenvalue weighted by Crippen LogP contribution is 2.27. The van der Waals surface area contributed by atoms with Crippen molar-refractivity contribution in [3.8, 4) is 17.2 Å². The van der Waals surface area contributed by atoms with E-state index in [0.29, 0.717) is 30.7 Å². The van der Waals surface area contributed by atoms with Gasteiger partial charge in [0.15, 0.2) is 11.5 Å². The molecule has 3 rings (SSSR count). The first-order chi connectivity index (χ1) is 12.7. The molecule has 0 saturated carbocycles. The molecule has 0 aliphatic heterocycles. The lowest BCUT2D eigenvalue weighted by Crippen LogP contribution is -2.09. The summed E-state index contributed by atoms with van der Waals surface area (Å²) in [4.78, 5) is 8.12. The van der Waals surface area contributed by atoms with E-state index in [4.69, 9.17) is 14.2 Å². The van der Waals surface area contributed by atoms with Crippen molar-refractivity contribution >= 4 is 12.2 Å². The van der Waals surface area contributed by atoms with Crippen LogP contribution in [0.1, 0.15) is 11.1 Å². The Balaban J connectivity index is 1.54. The van der Waals surface area contributed by atoms with Gasteiger partial charge in [0.2, 0.25) is 5.95 Å². The number of nitrogens with one attached hydrogen (secondary N) is 1. The Labute approximate surface area is 151 Å². The molecule has 1 heterocycles. The second-order valence-electron chi connectivity index (χ2n) is 5.49. The summed E-state index contributed by atoms with van der Waals surface area (Å²) in [7, 11) is 1.60. The summed E-state index contributed by atoms with van der Waals surface area (Å²) in [5.74, 6) is 2.54. The number of aromatic nitrogens is 3. The molecule has 0 aliphatic carbocycles. The topological polar surface area (TPSA) is 81.6 Å². The molecule has 0 bridgehead atoms. The van der Waals surface area contributed by atoms with E-state index in [1.165, 1.54) is 11.9 Å². The Morgan fingerprint density at radius 1 is 1.04 bits per heavy atom. The number of hydrogen-bond acceptors (Lipinski definition) is 6. The van der Waals surface area contributed by atoms with E-state index in [0.717, 1.165) is 11.3 Å². The standard InChI is InChI=1S/C19H20N4O3/c1-14-3-6-16(7-4-14)25-9-10-26-17-8-5-15(11-18(17)24-2)12-20-19-21-13-22-23-19/h3-8,11-13H,9-10H2,1-2H3,(H,21,22,23). The highest BCUT2D eigenvalue weighted by molar-refractivity contribution is 5.82. The van der Waals surface area contributed by atoms with Crippen molar-refractivity contribution < 1.29 is 14.2 Å². The van der Waals surface area contributed by atoms with Gasteiger partial charge in [-0.2, -0.15) is 10.1 Å². The van der Waals surface area contributed by atoms with E-state index in [1.54, 1.807) is 13.3 Å². The Morgan fingerprint density at radius 3 is 2.58 bits per heavy atom. The first-order valence-corrected chi connectivity index (χ1v) is 8.14. The fraction of sp³-hybridized carbons (Fsp3) is 0.211. The fourth-order valence-corrected chi connectivity index (χ4v) is 2.23. The van der Waals surface area contributed by atoms with Gasteiger partial charge in [0.25, 0.3) is 0 Å². The number of aromatic amines is 1. The molecule has 134 valence electrons. The molecule has 7 heteroatoms. The van der Waals surface area contributed by atoms with Crippen LogP contribution < -0.4 is 14.2 Å². The molecular weight excluding hydrogens is 332 g/mol. The van der Waals surface area contributed by atoms with Crippen LogP contribution in [0.3, 0.4) is 0 Å². The number of hydrogen-bond donors (Lipinski definition) is 1.